The quantitative estimate of drug-likeness (QED) is 0.738. The van der Waals surface area contributed by atoms with Crippen LogP contribution in [-0.2, 0) is 5.11 Å². The molecule has 0 spiro atoms. The van der Waals surface area contributed by atoms with Crippen LogP contribution in [0.3, 0.4) is 0 Å². The van der Waals surface area contributed by atoms with E-state index in [1.165, 1.54) is 0 Å². The third-order valence-electron chi connectivity index (χ3n) is 2.57. The Bertz CT molecular complexity index is 498. The third-order valence-corrected chi connectivity index (χ3v) is 2.57. The van der Waals surface area contributed by atoms with Gasteiger partial charge in [0.05, 0.1) is 0 Å². The van der Waals surface area contributed by atoms with Crippen LogP contribution in [-0.4, -0.2) is 11.9 Å². The number of hydrogen-bond donors (Lipinski definition) is 0. The molecule has 0 aliphatic heterocycles. The molecular formula is C15H12O2. The Morgan fingerprint density at radius 2 is 1.41 bits per heavy atom. The summed E-state index contributed by atoms with van der Waals surface area (Å²) in [5.74, 6) is -0.468. The number of rotatable bonds is 3. The Kier molecular flexibility index (Phi) is 3.35. The van der Waals surface area contributed by atoms with Gasteiger partial charge < -0.3 is 0 Å². The predicted molar refractivity (Wildman–Crippen MR) is 66.0 cm³/mol. The smallest absolute Gasteiger partial charge is 0.194 e. The van der Waals surface area contributed by atoms with E-state index in [0.29, 0.717) is 5.56 Å². The zero-order chi connectivity index (χ0) is 12.3. The van der Waals surface area contributed by atoms with Gasteiger partial charge in [0.2, 0.25) is 0 Å². The summed E-state index contributed by atoms with van der Waals surface area (Å²) >= 11 is 0. The van der Waals surface area contributed by atoms with Crippen molar-refractivity contribution in [3.8, 4) is 11.1 Å². The van der Waals surface area contributed by atoms with E-state index >= 15 is 0 Å². The fourth-order valence-corrected chi connectivity index (χ4v) is 1.64. The second-order valence-electron chi connectivity index (χ2n) is 3.80. The van der Waals surface area contributed by atoms with E-state index < -0.39 is 11.9 Å². The molecule has 2 heteroatoms. The van der Waals surface area contributed by atoms with Crippen LogP contribution in [0.1, 0.15) is 10.4 Å². The maximum Gasteiger partial charge on any atom is 0.194 e. The first kappa shape index (κ1) is 11.6. The molecule has 2 aromatic rings. The topological polar surface area (TPSA) is 37.0 Å². The highest BCUT2D eigenvalue weighted by Crippen LogP contribution is 2.19. The molecule has 17 heavy (non-hydrogen) atoms. The minimum absolute atomic E-state index is 0.416. The molecule has 2 rings (SSSR count). The summed E-state index contributed by atoms with van der Waals surface area (Å²) in [6.45, 7) is 3.19. The van der Waals surface area contributed by atoms with Gasteiger partial charge in [0, 0.05) is 5.56 Å². The molecule has 0 bridgehead atoms. The number of benzene rings is 2. The maximum atomic E-state index is 11.4. The van der Waals surface area contributed by atoms with Crippen molar-refractivity contribution < 1.29 is 9.90 Å². The highest BCUT2D eigenvalue weighted by molar-refractivity contribution is 6.00. The summed E-state index contributed by atoms with van der Waals surface area (Å²) in [4.78, 5) is 11.4. The lowest BCUT2D eigenvalue weighted by atomic mass is 10.0. The van der Waals surface area contributed by atoms with Gasteiger partial charge in [-0.3, -0.25) is 4.79 Å². The molecule has 0 aromatic heterocycles. The van der Waals surface area contributed by atoms with E-state index in [9.17, 15) is 9.90 Å². The summed E-state index contributed by atoms with van der Waals surface area (Å²) in [6.07, 6.45) is -1.45. The summed E-state index contributed by atoms with van der Waals surface area (Å²) in [5, 5.41) is 10.9. The minimum Gasteiger partial charge on any atom is -0.291 e. The van der Waals surface area contributed by atoms with Crippen molar-refractivity contribution in [3.05, 3.63) is 67.1 Å². The van der Waals surface area contributed by atoms with Gasteiger partial charge in [-0.2, -0.15) is 0 Å². The Hall–Kier alpha value is -1.93. The van der Waals surface area contributed by atoms with Gasteiger partial charge in [0.25, 0.3) is 0 Å². The first-order valence-corrected chi connectivity index (χ1v) is 5.37. The Labute approximate surface area is 101 Å². The Balaban J connectivity index is 2.28. The van der Waals surface area contributed by atoms with Gasteiger partial charge in [-0.15, -0.1) is 0 Å². The molecule has 2 radical (unpaired) electrons. The average molecular weight is 224 g/mol. The molecule has 1 atom stereocenters. The average Bonchev–Trinajstić information content (AvgIpc) is 2.39. The molecular weight excluding hydrogens is 212 g/mol. The first-order valence-electron chi connectivity index (χ1n) is 5.37. The molecule has 1 unspecified atom stereocenters. The molecule has 0 heterocycles. The zero-order valence-electron chi connectivity index (χ0n) is 9.30. The van der Waals surface area contributed by atoms with Gasteiger partial charge in [0.1, 0.15) is 0 Å². The molecule has 0 amide bonds. The van der Waals surface area contributed by atoms with Gasteiger partial charge in [-0.1, -0.05) is 54.6 Å². The summed E-state index contributed by atoms with van der Waals surface area (Å²) < 4.78 is 0. The highest BCUT2D eigenvalue weighted by atomic mass is 16.3. The molecule has 0 aliphatic rings. The second kappa shape index (κ2) is 4.93. The Morgan fingerprint density at radius 3 is 1.94 bits per heavy atom. The van der Waals surface area contributed by atoms with Crippen molar-refractivity contribution in [2.45, 2.75) is 6.10 Å². The molecule has 2 nitrogen and oxygen atoms in total. The molecule has 0 saturated heterocycles. The van der Waals surface area contributed by atoms with E-state index in [1.54, 1.807) is 12.1 Å². The SMILES string of the molecule is [CH2]C([O])C(=O)c1ccc(-c2ccccc2)cc1. The molecule has 0 N–H and O–H groups in total. The number of carbonyl (C=O) groups is 1. The van der Waals surface area contributed by atoms with E-state index in [-0.39, 0.29) is 0 Å². The lowest BCUT2D eigenvalue weighted by Gasteiger charge is -2.04. The summed E-state index contributed by atoms with van der Waals surface area (Å²) in [5.41, 5.74) is 2.52. The molecule has 0 fully saturated rings. The predicted octanol–water partition coefficient (Wildman–Crippen LogP) is 3.17. The summed E-state index contributed by atoms with van der Waals surface area (Å²) in [7, 11) is 0. The maximum absolute atomic E-state index is 11.4. The van der Waals surface area contributed by atoms with Gasteiger partial charge >= 0.3 is 0 Å². The van der Waals surface area contributed by atoms with Crippen molar-refractivity contribution >= 4 is 5.78 Å². The third kappa shape index (κ3) is 2.60. The first-order chi connectivity index (χ1) is 8.18. The van der Waals surface area contributed by atoms with Gasteiger partial charge in [-0.05, 0) is 18.1 Å². The van der Waals surface area contributed by atoms with Crippen LogP contribution in [0.25, 0.3) is 11.1 Å². The van der Waals surface area contributed by atoms with Gasteiger partial charge in [-0.25, -0.2) is 5.11 Å². The van der Waals surface area contributed by atoms with Crippen molar-refractivity contribution in [2.75, 3.05) is 0 Å². The van der Waals surface area contributed by atoms with Crippen molar-refractivity contribution in [1.82, 2.24) is 0 Å². The lowest BCUT2D eigenvalue weighted by molar-refractivity contribution is 0.0673. The zero-order valence-corrected chi connectivity index (χ0v) is 9.30. The monoisotopic (exact) mass is 224 g/mol. The minimum atomic E-state index is -1.45. The standard InChI is InChI=1S/C15H12O2/c1-11(16)15(17)14-9-7-13(8-10-14)12-5-3-2-4-6-12/h2-11H,1H2. The largest absolute Gasteiger partial charge is 0.291 e. The molecule has 84 valence electrons. The molecule has 0 saturated carbocycles. The highest BCUT2D eigenvalue weighted by Gasteiger charge is 2.13. The lowest BCUT2D eigenvalue weighted by Crippen LogP contribution is -2.14. The van der Waals surface area contributed by atoms with E-state index in [4.69, 9.17) is 0 Å². The number of carbonyl (C=O) groups excluding carboxylic acids is 1. The van der Waals surface area contributed by atoms with Crippen LogP contribution < -0.4 is 0 Å². The van der Waals surface area contributed by atoms with Crippen LogP contribution in [0.5, 0.6) is 0 Å². The number of hydrogen-bond acceptors (Lipinski definition) is 1. The van der Waals surface area contributed by atoms with Crippen molar-refractivity contribution in [2.24, 2.45) is 0 Å². The van der Waals surface area contributed by atoms with Crippen LogP contribution in [0, 0.1) is 6.92 Å². The van der Waals surface area contributed by atoms with Gasteiger partial charge in [0.15, 0.2) is 11.9 Å². The van der Waals surface area contributed by atoms with Crippen LogP contribution in [0.4, 0.5) is 0 Å². The number of ketones is 1. The van der Waals surface area contributed by atoms with Crippen LogP contribution >= 0.6 is 0 Å². The second-order valence-corrected chi connectivity index (χ2v) is 3.80. The van der Waals surface area contributed by atoms with E-state index in [2.05, 4.69) is 6.92 Å². The Morgan fingerprint density at radius 1 is 0.882 bits per heavy atom. The van der Waals surface area contributed by atoms with E-state index in [1.807, 2.05) is 42.5 Å². The fraction of sp³-hybridized carbons (Fsp3) is 0.0667. The van der Waals surface area contributed by atoms with Crippen LogP contribution in [0.15, 0.2) is 54.6 Å². The fourth-order valence-electron chi connectivity index (χ4n) is 1.64. The van der Waals surface area contributed by atoms with Crippen LogP contribution in [0.2, 0.25) is 0 Å². The summed E-state index contributed by atoms with van der Waals surface area (Å²) in [6, 6.07) is 16.9. The molecule has 0 aliphatic carbocycles. The van der Waals surface area contributed by atoms with Crippen molar-refractivity contribution in [3.63, 3.8) is 0 Å². The van der Waals surface area contributed by atoms with Crippen molar-refractivity contribution in [1.29, 1.82) is 0 Å². The number of Topliss-reactive ketones (excluding diaryl/α,β-unsaturated/α-hetero) is 1. The van der Waals surface area contributed by atoms with E-state index in [0.717, 1.165) is 11.1 Å². The molecule has 2 aromatic carbocycles. The normalized spacial score (nSPS) is 12.1.